The number of nitrogens with zero attached hydrogens (tertiary/aromatic N) is 1. The van der Waals surface area contributed by atoms with Crippen LogP contribution in [-0.4, -0.2) is 42.4 Å². The average Bonchev–Trinajstić information content (AvgIpc) is 3.23. The molecule has 5 rings (SSSR count). The predicted molar refractivity (Wildman–Crippen MR) is 83.3 cm³/mol. The van der Waals surface area contributed by atoms with Gasteiger partial charge in [0.2, 0.25) is 5.90 Å². The maximum absolute atomic E-state index is 10.8. The van der Waals surface area contributed by atoms with E-state index in [9.17, 15) is 4.79 Å². The van der Waals surface area contributed by atoms with Gasteiger partial charge in [-0.25, -0.2) is 0 Å². The Bertz CT molecular complexity index is 554. The number of aliphatic carboxylic acids is 1. The smallest absolute Gasteiger partial charge is 0.307 e. The first kappa shape index (κ1) is 15.8. The van der Waals surface area contributed by atoms with Gasteiger partial charge in [0.15, 0.2) is 6.10 Å². The molecular weight excluding hydrogens is 298 g/mol. The third-order valence-electron chi connectivity index (χ3n) is 4.38. The number of rotatable bonds is 3. The standard InChI is InChI=1S/C12H13NO4.C5H8O/c1-16-12-11(8-5-3-2-4-6-8)9(17-13-12)7-10(14)15;1-2-5-3-4(1)6-5/h2-6,9,11H,7H2,1H3,(H,14,15);4-5H,1-3H2. The fraction of sp³-hybridized carbons (Fsp3) is 0.529. The Balaban J connectivity index is 0.000000213. The van der Waals surface area contributed by atoms with Gasteiger partial charge in [0.05, 0.1) is 25.7 Å². The molecule has 1 aliphatic carbocycles. The van der Waals surface area contributed by atoms with Gasteiger partial charge in [-0.05, 0) is 24.8 Å². The number of hydrogen-bond acceptors (Lipinski definition) is 5. The van der Waals surface area contributed by atoms with Gasteiger partial charge in [-0.3, -0.25) is 4.79 Å². The monoisotopic (exact) mass is 319 g/mol. The number of benzene rings is 1. The fourth-order valence-corrected chi connectivity index (χ4v) is 3.20. The zero-order chi connectivity index (χ0) is 16.2. The summed E-state index contributed by atoms with van der Waals surface area (Å²) in [6.45, 7) is 0. The van der Waals surface area contributed by atoms with Gasteiger partial charge in [-0.1, -0.05) is 35.5 Å². The van der Waals surface area contributed by atoms with Crippen molar-refractivity contribution in [1.29, 1.82) is 0 Å². The van der Waals surface area contributed by atoms with E-state index in [-0.39, 0.29) is 12.3 Å². The molecular formula is C17H21NO5. The first-order valence-electron chi connectivity index (χ1n) is 7.87. The molecule has 3 aliphatic heterocycles. The van der Waals surface area contributed by atoms with Gasteiger partial charge in [-0.15, -0.1) is 0 Å². The minimum Gasteiger partial charge on any atom is -0.481 e. The van der Waals surface area contributed by atoms with Crippen LogP contribution in [0.3, 0.4) is 0 Å². The average molecular weight is 319 g/mol. The molecule has 0 aromatic heterocycles. The highest BCUT2D eigenvalue weighted by Crippen LogP contribution is 2.36. The molecule has 4 aliphatic rings. The second kappa shape index (κ2) is 7.00. The summed E-state index contributed by atoms with van der Waals surface area (Å²) < 4.78 is 10.4. The molecule has 1 N–H and O–H groups in total. The Morgan fingerprint density at radius 2 is 1.96 bits per heavy atom. The number of methoxy groups -OCH3 is 1. The van der Waals surface area contributed by atoms with Crippen LogP contribution in [0, 0.1) is 0 Å². The lowest BCUT2D eigenvalue weighted by Gasteiger charge is -2.23. The number of ether oxygens (including phenoxy) is 2. The zero-order valence-corrected chi connectivity index (χ0v) is 13.1. The van der Waals surface area contributed by atoms with Crippen molar-refractivity contribution in [2.75, 3.05) is 7.11 Å². The highest BCUT2D eigenvalue weighted by Gasteiger charge is 2.38. The second-order valence-electron chi connectivity index (χ2n) is 5.96. The molecule has 2 saturated heterocycles. The Morgan fingerprint density at radius 3 is 2.43 bits per heavy atom. The summed E-state index contributed by atoms with van der Waals surface area (Å²) in [5.41, 5.74) is 0.942. The number of oxime groups is 1. The molecule has 6 heteroatoms. The summed E-state index contributed by atoms with van der Waals surface area (Å²) >= 11 is 0. The normalized spacial score (nSPS) is 30.4. The molecule has 3 heterocycles. The molecule has 1 saturated carbocycles. The zero-order valence-electron chi connectivity index (χ0n) is 13.1. The molecule has 1 aromatic carbocycles. The third-order valence-corrected chi connectivity index (χ3v) is 4.38. The summed E-state index contributed by atoms with van der Waals surface area (Å²) in [5.74, 6) is -0.747. The number of carbonyl (C=O) groups is 1. The van der Waals surface area contributed by atoms with Crippen LogP contribution in [-0.2, 0) is 19.1 Å². The van der Waals surface area contributed by atoms with E-state index in [0.29, 0.717) is 18.1 Å². The summed E-state index contributed by atoms with van der Waals surface area (Å²) in [4.78, 5) is 15.9. The summed E-state index contributed by atoms with van der Waals surface area (Å²) in [6.07, 6.45) is 4.81. The van der Waals surface area contributed by atoms with E-state index in [4.69, 9.17) is 19.4 Å². The van der Waals surface area contributed by atoms with Crippen molar-refractivity contribution in [3.05, 3.63) is 35.9 Å². The highest BCUT2D eigenvalue weighted by atomic mass is 16.7. The molecule has 4 atom stereocenters. The van der Waals surface area contributed by atoms with Gasteiger partial charge in [0.1, 0.15) is 5.92 Å². The Labute approximate surface area is 135 Å². The van der Waals surface area contributed by atoms with Crippen LogP contribution in [0.25, 0.3) is 0 Å². The lowest BCUT2D eigenvalue weighted by molar-refractivity contribution is -0.139. The van der Waals surface area contributed by atoms with Gasteiger partial charge in [0.25, 0.3) is 0 Å². The minimum atomic E-state index is -0.913. The third kappa shape index (κ3) is 3.64. The number of fused-ring (bicyclic) bond motifs is 1. The topological polar surface area (TPSA) is 77.3 Å². The van der Waals surface area contributed by atoms with Crippen molar-refractivity contribution >= 4 is 11.9 Å². The first-order valence-corrected chi connectivity index (χ1v) is 7.87. The Kier molecular flexibility index (Phi) is 4.81. The van der Waals surface area contributed by atoms with Crippen molar-refractivity contribution < 1.29 is 24.2 Å². The van der Waals surface area contributed by atoms with Crippen molar-refractivity contribution in [2.24, 2.45) is 5.16 Å². The quantitative estimate of drug-likeness (QED) is 0.926. The Morgan fingerprint density at radius 1 is 1.30 bits per heavy atom. The van der Waals surface area contributed by atoms with Crippen LogP contribution < -0.4 is 0 Å². The largest absolute Gasteiger partial charge is 0.481 e. The molecule has 124 valence electrons. The van der Waals surface area contributed by atoms with Crippen molar-refractivity contribution in [1.82, 2.24) is 0 Å². The van der Waals surface area contributed by atoms with Crippen LogP contribution in [0.15, 0.2) is 35.5 Å². The highest BCUT2D eigenvalue weighted by molar-refractivity contribution is 5.86. The van der Waals surface area contributed by atoms with Crippen LogP contribution >= 0.6 is 0 Å². The molecule has 4 unspecified atom stereocenters. The molecule has 2 bridgehead atoms. The van der Waals surface area contributed by atoms with E-state index in [1.807, 2.05) is 30.3 Å². The SMILES string of the molecule is C1CC2CC1O2.COC1=NOC(CC(=O)O)C1c1ccccc1. The van der Waals surface area contributed by atoms with Gasteiger partial charge in [0, 0.05) is 0 Å². The van der Waals surface area contributed by atoms with E-state index < -0.39 is 12.1 Å². The maximum atomic E-state index is 10.8. The van der Waals surface area contributed by atoms with Crippen LogP contribution in [0.4, 0.5) is 0 Å². The van der Waals surface area contributed by atoms with Crippen molar-refractivity contribution in [2.45, 2.75) is 49.9 Å². The molecule has 1 aromatic rings. The molecule has 3 fully saturated rings. The minimum absolute atomic E-state index is 0.101. The maximum Gasteiger partial charge on any atom is 0.307 e. The molecule has 0 radical (unpaired) electrons. The van der Waals surface area contributed by atoms with Gasteiger partial charge in [-0.2, -0.15) is 0 Å². The first-order chi connectivity index (χ1) is 11.2. The van der Waals surface area contributed by atoms with Crippen LogP contribution in [0.2, 0.25) is 0 Å². The second-order valence-corrected chi connectivity index (χ2v) is 5.96. The number of carboxylic acids is 1. The Hall–Kier alpha value is -2.08. The van der Waals surface area contributed by atoms with E-state index in [1.165, 1.54) is 26.4 Å². The van der Waals surface area contributed by atoms with E-state index in [1.54, 1.807) is 0 Å². The predicted octanol–water partition coefficient (Wildman–Crippen LogP) is 2.54. The van der Waals surface area contributed by atoms with E-state index in [0.717, 1.165) is 5.56 Å². The summed E-state index contributed by atoms with van der Waals surface area (Å²) in [5, 5.41) is 12.6. The van der Waals surface area contributed by atoms with Crippen LogP contribution in [0.5, 0.6) is 0 Å². The van der Waals surface area contributed by atoms with Crippen molar-refractivity contribution in [3.63, 3.8) is 0 Å². The van der Waals surface area contributed by atoms with Gasteiger partial charge < -0.3 is 19.4 Å². The van der Waals surface area contributed by atoms with Gasteiger partial charge >= 0.3 is 5.97 Å². The molecule has 6 nitrogen and oxygen atoms in total. The van der Waals surface area contributed by atoms with Crippen LogP contribution in [0.1, 0.15) is 37.2 Å². The van der Waals surface area contributed by atoms with E-state index in [2.05, 4.69) is 5.16 Å². The lowest BCUT2D eigenvalue weighted by atomic mass is 9.92. The van der Waals surface area contributed by atoms with Crippen molar-refractivity contribution in [3.8, 4) is 0 Å². The number of hydrogen-bond donors (Lipinski definition) is 1. The fourth-order valence-electron chi connectivity index (χ4n) is 3.20. The summed E-state index contributed by atoms with van der Waals surface area (Å²) in [6, 6.07) is 9.48. The molecule has 23 heavy (non-hydrogen) atoms. The summed E-state index contributed by atoms with van der Waals surface area (Å²) in [7, 11) is 1.50. The molecule has 0 amide bonds. The number of carboxylic acid groups (broad SMARTS) is 1. The van der Waals surface area contributed by atoms with E-state index >= 15 is 0 Å². The molecule has 0 spiro atoms. The lowest BCUT2D eigenvalue weighted by Crippen LogP contribution is -2.25.